The van der Waals surface area contributed by atoms with Crippen molar-refractivity contribution in [3.05, 3.63) is 58.5 Å². The molecule has 0 spiro atoms. The van der Waals surface area contributed by atoms with Gasteiger partial charge in [0.2, 0.25) is 5.88 Å². The number of hydrogen-bond acceptors (Lipinski definition) is 6. The van der Waals surface area contributed by atoms with Crippen molar-refractivity contribution >= 4 is 34.2 Å². The van der Waals surface area contributed by atoms with E-state index in [0.717, 1.165) is 58.9 Å². The number of methoxy groups -OCH3 is 1. The topological polar surface area (TPSA) is 84.7 Å². The number of imidazole rings is 1. The molecule has 0 radical (unpaired) electrons. The smallest absolute Gasteiger partial charge is 0.326 e. The van der Waals surface area contributed by atoms with Gasteiger partial charge in [-0.05, 0) is 70.3 Å². The van der Waals surface area contributed by atoms with Gasteiger partial charge in [-0.1, -0.05) is 12.1 Å². The second-order valence-electron chi connectivity index (χ2n) is 9.05. The van der Waals surface area contributed by atoms with Gasteiger partial charge >= 0.3 is 5.69 Å². The SMILES string of the molecule is C=N/C(=C\C=C(/C)c1ccc2ncc3[nH]c(=O)n([C@H]4C[C@@H](OC)C4)c3c2c1)OCCCN(C)C. The molecule has 1 fully saturated rings. The lowest BCUT2D eigenvalue weighted by atomic mass is 9.89. The van der Waals surface area contributed by atoms with E-state index in [-0.39, 0.29) is 17.8 Å². The van der Waals surface area contributed by atoms with Gasteiger partial charge in [0.15, 0.2) is 0 Å². The number of allylic oxidation sites excluding steroid dienone is 3. The minimum Gasteiger partial charge on any atom is -0.478 e. The predicted molar refractivity (Wildman–Crippen MR) is 137 cm³/mol. The van der Waals surface area contributed by atoms with Crippen molar-refractivity contribution in [3.8, 4) is 0 Å². The number of aromatic amines is 1. The molecule has 1 aromatic carbocycles. The number of nitrogens with one attached hydrogen (secondary N) is 1. The summed E-state index contributed by atoms with van der Waals surface area (Å²) in [4.78, 5) is 26.4. The van der Waals surface area contributed by atoms with Gasteiger partial charge in [0.05, 0.1) is 35.5 Å². The molecule has 180 valence electrons. The fourth-order valence-electron chi connectivity index (χ4n) is 4.34. The molecular formula is C26H33N5O3. The molecule has 34 heavy (non-hydrogen) atoms. The van der Waals surface area contributed by atoms with Crippen LogP contribution in [0.25, 0.3) is 27.5 Å². The molecule has 1 saturated carbocycles. The molecule has 1 aliphatic carbocycles. The normalized spacial score (nSPS) is 19.1. The van der Waals surface area contributed by atoms with Crippen molar-refractivity contribution in [1.82, 2.24) is 19.4 Å². The van der Waals surface area contributed by atoms with Crippen LogP contribution in [-0.2, 0) is 9.47 Å². The van der Waals surface area contributed by atoms with E-state index in [1.807, 2.05) is 49.9 Å². The number of pyridine rings is 1. The zero-order valence-electron chi connectivity index (χ0n) is 20.4. The summed E-state index contributed by atoms with van der Waals surface area (Å²) >= 11 is 0. The highest BCUT2D eigenvalue weighted by Gasteiger charge is 2.33. The molecule has 1 N–H and O–H groups in total. The molecule has 0 unspecified atom stereocenters. The van der Waals surface area contributed by atoms with Crippen LogP contribution in [0, 0.1) is 0 Å². The quantitative estimate of drug-likeness (QED) is 0.211. The van der Waals surface area contributed by atoms with E-state index >= 15 is 0 Å². The molecule has 0 atom stereocenters. The maximum absolute atomic E-state index is 12.8. The van der Waals surface area contributed by atoms with E-state index < -0.39 is 0 Å². The fourth-order valence-corrected chi connectivity index (χ4v) is 4.34. The van der Waals surface area contributed by atoms with Crippen LogP contribution in [0.5, 0.6) is 0 Å². The van der Waals surface area contributed by atoms with Crippen molar-refractivity contribution in [2.45, 2.75) is 38.3 Å². The summed E-state index contributed by atoms with van der Waals surface area (Å²) in [6.07, 6.45) is 8.35. The van der Waals surface area contributed by atoms with Crippen LogP contribution in [0.2, 0.25) is 0 Å². The van der Waals surface area contributed by atoms with Crippen molar-refractivity contribution in [1.29, 1.82) is 0 Å². The monoisotopic (exact) mass is 463 g/mol. The number of hydrogen-bond donors (Lipinski definition) is 1. The van der Waals surface area contributed by atoms with Gasteiger partial charge in [-0.3, -0.25) is 9.55 Å². The maximum Gasteiger partial charge on any atom is 0.326 e. The van der Waals surface area contributed by atoms with E-state index in [1.54, 1.807) is 13.3 Å². The summed E-state index contributed by atoms with van der Waals surface area (Å²) in [6.45, 7) is 7.20. The van der Waals surface area contributed by atoms with Gasteiger partial charge in [-0.25, -0.2) is 9.79 Å². The highest BCUT2D eigenvalue weighted by atomic mass is 16.5. The molecule has 2 aromatic heterocycles. The largest absolute Gasteiger partial charge is 0.478 e. The third kappa shape index (κ3) is 4.98. The van der Waals surface area contributed by atoms with E-state index in [2.05, 4.69) is 32.6 Å². The lowest BCUT2D eigenvalue weighted by Crippen LogP contribution is -2.36. The minimum absolute atomic E-state index is 0.0995. The average Bonchev–Trinajstić information content (AvgIpc) is 3.13. The lowest BCUT2D eigenvalue weighted by molar-refractivity contribution is 0.00653. The van der Waals surface area contributed by atoms with Crippen LogP contribution in [0.3, 0.4) is 0 Å². The van der Waals surface area contributed by atoms with Crippen LogP contribution in [-0.4, -0.2) is 66.6 Å². The zero-order valence-corrected chi connectivity index (χ0v) is 20.4. The summed E-state index contributed by atoms with van der Waals surface area (Å²) in [5.74, 6) is 0.500. The molecular weight excluding hydrogens is 430 g/mol. The average molecular weight is 464 g/mol. The van der Waals surface area contributed by atoms with E-state index in [4.69, 9.17) is 9.47 Å². The molecule has 0 bridgehead atoms. The van der Waals surface area contributed by atoms with E-state index in [9.17, 15) is 4.79 Å². The highest BCUT2D eigenvalue weighted by molar-refractivity contribution is 6.03. The predicted octanol–water partition coefficient (Wildman–Crippen LogP) is 4.14. The Balaban J connectivity index is 1.64. The lowest BCUT2D eigenvalue weighted by Gasteiger charge is -2.34. The fraction of sp³-hybridized carbons (Fsp3) is 0.423. The molecule has 4 rings (SSSR count). The van der Waals surface area contributed by atoms with E-state index in [0.29, 0.717) is 12.5 Å². The Labute approximate surface area is 199 Å². The number of nitrogens with zero attached hydrogens (tertiary/aromatic N) is 4. The number of ether oxygens (including phenoxy) is 2. The van der Waals surface area contributed by atoms with Crippen LogP contribution >= 0.6 is 0 Å². The summed E-state index contributed by atoms with van der Waals surface area (Å²) in [5, 5.41) is 0.952. The Hall–Kier alpha value is -3.23. The first-order valence-electron chi connectivity index (χ1n) is 11.6. The molecule has 3 aromatic rings. The molecule has 0 saturated heterocycles. The molecule has 1 aliphatic rings. The number of fused-ring (bicyclic) bond motifs is 3. The third-order valence-corrected chi connectivity index (χ3v) is 6.40. The van der Waals surface area contributed by atoms with Gasteiger partial charge in [0.25, 0.3) is 0 Å². The third-order valence-electron chi connectivity index (χ3n) is 6.40. The van der Waals surface area contributed by atoms with Crippen molar-refractivity contribution < 1.29 is 9.47 Å². The van der Waals surface area contributed by atoms with Gasteiger partial charge in [-0.15, -0.1) is 0 Å². The van der Waals surface area contributed by atoms with Gasteiger partial charge in [0.1, 0.15) is 0 Å². The summed E-state index contributed by atoms with van der Waals surface area (Å²) < 4.78 is 13.0. The summed E-state index contributed by atoms with van der Waals surface area (Å²) in [5.41, 5.74) is 4.49. The molecule has 0 aliphatic heterocycles. The van der Waals surface area contributed by atoms with E-state index in [1.165, 1.54) is 0 Å². The number of benzene rings is 1. The van der Waals surface area contributed by atoms with Crippen molar-refractivity contribution in [3.63, 3.8) is 0 Å². The van der Waals surface area contributed by atoms with Gasteiger partial charge in [0, 0.05) is 31.2 Å². The first-order valence-corrected chi connectivity index (χ1v) is 11.6. The van der Waals surface area contributed by atoms with Crippen LogP contribution in [0.1, 0.15) is 37.8 Å². The Kier molecular flexibility index (Phi) is 7.29. The number of aliphatic imine (C=N–C) groups is 1. The van der Waals surface area contributed by atoms with Gasteiger partial charge < -0.3 is 19.4 Å². The maximum atomic E-state index is 12.8. The Morgan fingerprint density at radius 1 is 1.35 bits per heavy atom. The van der Waals surface area contributed by atoms with Crippen LogP contribution in [0.15, 0.2) is 52.2 Å². The van der Waals surface area contributed by atoms with Crippen molar-refractivity contribution in [2.75, 3.05) is 34.4 Å². The second kappa shape index (κ2) is 10.4. The highest BCUT2D eigenvalue weighted by Crippen LogP contribution is 2.36. The van der Waals surface area contributed by atoms with Crippen LogP contribution in [0.4, 0.5) is 0 Å². The number of rotatable bonds is 10. The van der Waals surface area contributed by atoms with Crippen LogP contribution < -0.4 is 5.69 Å². The number of aromatic nitrogens is 3. The minimum atomic E-state index is -0.0995. The molecule has 8 nitrogen and oxygen atoms in total. The van der Waals surface area contributed by atoms with Gasteiger partial charge in [-0.2, -0.15) is 0 Å². The summed E-state index contributed by atoms with van der Waals surface area (Å²) in [7, 11) is 5.80. The first kappa shape index (κ1) is 23.9. The second-order valence-corrected chi connectivity index (χ2v) is 9.05. The number of H-pyrrole nitrogens is 1. The Morgan fingerprint density at radius 3 is 2.85 bits per heavy atom. The molecule has 0 amide bonds. The Morgan fingerprint density at radius 2 is 2.15 bits per heavy atom. The standard InChI is InChI=1S/C26H33N5O3/c1-17(7-10-24(27-2)34-12-6-11-30(3)4)18-8-9-22-21(13-18)25-23(16-28-22)29-26(32)31(25)19-14-20(15-19)33-5/h7-10,13,16,19-20H,2,6,11-12,14-15H2,1,3-5H3,(H,29,32)/b17-7+,24-10+/t19-,20+. The zero-order chi connectivity index (χ0) is 24.2. The molecule has 8 heteroatoms. The summed E-state index contributed by atoms with van der Waals surface area (Å²) in [6, 6.07) is 6.26. The first-order chi connectivity index (χ1) is 16.4. The van der Waals surface area contributed by atoms with Crippen molar-refractivity contribution in [2.24, 2.45) is 4.99 Å². The molecule has 2 heterocycles. The Bertz CT molecular complexity index is 1290.